The lowest BCUT2D eigenvalue weighted by Crippen LogP contribution is -2.45. The van der Waals surface area contributed by atoms with E-state index >= 15 is 0 Å². The van der Waals surface area contributed by atoms with Crippen LogP contribution in [-0.4, -0.2) is 65.5 Å². The number of hydrogen-bond acceptors (Lipinski definition) is 6. The van der Waals surface area contributed by atoms with Crippen molar-refractivity contribution in [3.05, 3.63) is 75.2 Å². The van der Waals surface area contributed by atoms with Crippen LogP contribution in [0.2, 0.25) is 5.02 Å². The number of fused-ring (bicyclic) bond motifs is 3. The van der Waals surface area contributed by atoms with Crippen molar-refractivity contribution in [1.29, 1.82) is 0 Å². The average molecular weight is 635 g/mol. The Bertz CT molecular complexity index is 1750. The summed E-state index contributed by atoms with van der Waals surface area (Å²) >= 11 is 5.77. The van der Waals surface area contributed by atoms with Gasteiger partial charge in [-0.25, -0.2) is 13.6 Å². The molecule has 1 aromatic carbocycles. The van der Waals surface area contributed by atoms with Crippen LogP contribution in [0.3, 0.4) is 0 Å². The Morgan fingerprint density at radius 2 is 1.93 bits per heavy atom. The number of benzene rings is 1. The number of alkyl halides is 3. The molecule has 3 aromatic rings. The topological polar surface area (TPSA) is 101 Å². The molecule has 0 saturated heterocycles. The van der Waals surface area contributed by atoms with E-state index in [2.05, 4.69) is 9.35 Å². The number of rotatable bonds is 4. The van der Waals surface area contributed by atoms with Crippen molar-refractivity contribution in [1.82, 2.24) is 24.6 Å². The lowest BCUT2D eigenvalue weighted by atomic mass is 9.96. The van der Waals surface area contributed by atoms with E-state index < -0.39 is 32.4 Å². The fraction of sp³-hybridized carbons (Fsp3) is 0.448. The molecule has 0 bridgehead atoms. The van der Waals surface area contributed by atoms with Gasteiger partial charge in [-0.05, 0) is 57.0 Å². The van der Waals surface area contributed by atoms with Gasteiger partial charge in [0.1, 0.15) is 10.7 Å². The maximum absolute atomic E-state index is 14.0. The second-order valence-electron chi connectivity index (χ2n) is 11.4. The van der Waals surface area contributed by atoms with Gasteiger partial charge in [-0.1, -0.05) is 17.7 Å². The molecular weight excluding hydrogens is 605 g/mol. The Labute approximate surface area is 252 Å². The summed E-state index contributed by atoms with van der Waals surface area (Å²) in [5.74, 6) is -0.348. The number of hydrogen-bond donors (Lipinski definition) is 0. The van der Waals surface area contributed by atoms with Gasteiger partial charge in [0.25, 0.3) is 11.8 Å². The Morgan fingerprint density at radius 3 is 2.58 bits per heavy atom. The summed E-state index contributed by atoms with van der Waals surface area (Å²) < 4.78 is 59.4. The summed E-state index contributed by atoms with van der Waals surface area (Å²) in [6, 6.07) is 5.80. The quantitative estimate of drug-likeness (QED) is 0.375. The largest absolute Gasteiger partial charge is 0.417 e. The maximum Gasteiger partial charge on any atom is 0.417 e. The van der Waals surface area contributed by atoms with Crippen molar-refractivity contribution in [3.8, 4) is 0 Å². The van der Waals surface area contributed by atoms with E-state index in [4.69, 9.17) is 16.7 Å². The molecule has 9 nitrogen and oxygen atoms in total. The number of pyridine rings is 1. The van der Waals surface area contributed by atoms with Crippen LogP contribution in [0.5, 0.6) is 0 Å². The highest BCUT2D eigenvalue weighted by Gasteiger charge is 2.41. The third-order valence-electron chi connectivity index (χ3n) is 8.48. The Morgan fingerprint density at radius 1 is 1.16 bits per heavy atom. The van der Waals surface area contributed by atoms with Gasteiger partial charge in [0.15, 0.2) is 0 Å². The molecule has 0 fully saturated rings. The van der Waals surface area contributed by atoms with E-state index in [-0.39, 0.29) is 36.1 Å². The summed E-state index contributed by atoms with van der Waals surface area (Å²) in [4.78, 5) is 35.2. The van der Waals surface area contributed by atoms with E-state index in [1.165, 1.54) is 11.0 Å². The molecule has 14 heteroatoms. The highest BCUT2D eigenvalue weighted by Crippen LogP contribution is 2.38. The first-order valence-electron chi connectivity index (χ1n) is 14.0. The second kappa shape index (κ2) is 10.6. The van der Waals surface area contributed by atoms with E-state index in [0.29, 0.717) is 47.2 Å². The molecule has 6 rings (SSSR count). The highest BCUT2D eigenvalue weighted by atomic mass is 35.5. The minimum Gasteiger partial charge on any atom is -0.331 e. The van der Waals surface area contributed by atoms with Crippen LogP contribution in [0, 0.1) is 0 Å². The predicted molar refractivity (Wildman–Crippen MR) is 153 cm³/mol. The van der Waals surface area contributed by atoms with Crippen LogP contribution in [-0.2, 0) is 28.9 Å². The van der Waals surface area contributed by atoms with E-state index in [9.17, 15) is 27.0 Å². The molecule has 2 amide bonds. The first-order chi connectivity index (χ1) is 20.3. The number of amides is 2. The van der Waals surface area contributed by atoms with E-state index in [1.54, 1.807) is 21.8 Å². The van der Waals surface area contributed by atoms with Gasteiger partial charge in [0.05, 0.1) is 44.6 Å². The predicted octanol–water partition coefficient (Wildman–Crippen LogP) is 5.55. The van der Waals surface area contributed by atoms with E-state index in [0.717, 1.165) is 24.1 Å². The molecule has 2 unspecified atom stereocenters. The maximum atomic E-state index is 14.0. The van der Waals surface area contributed by atoms with Crippen molar-refractivity contribution in [2.45, 2.75) is 69.5 Å². The Balaban J connectivity index is 1.28. The van der Waals surface area contributed by atoms with Gasteiger partial charge < -0.3 is 9.80 Å². The molecule has 3 aliphatic rings. The average Bonchev–Trinajstić information content (AvgIpc) is 3.58. The zero-order valence-electron chi connectivity index (χ0n) is 23.8. The van der Waals surface area contributed by atoms with Gasteiger partial charge in [-0.15, -0.1) is 0 Å². The zero-order chi connectivity index (χ0) is 30.8. The van der Waals surface area contributed by atoms with Crippen molar-refractivity contribution < 1.29 is 27.0 Å². The molecule has 0 spiro atoms. The minimum atomic E-state index is -4.71. The monoisotopic (exact) mass is 634 g/mol. The number of halogens is 4. The molecule has 5 heterocycles. The molecule has 0 saturated carbocycles. The standard InChI is InChI=1S/C29H30ClF3N6O3S/c1-16-11-24-21(15-37(16)27(40)19-5-7-23(30)22(12-19)29(31,32)33)26-28(41)38(14-17(2)39(26)36-24)18(3)20-6-8-25(34-13-20)43(42)10-4-9-35-43/h5-8,12-13,16-18H,4,9-11,14-15H2,1-3H3/t16-,17-,18?,43?/m1/s1. The lowest BCUT2D eigenvalue weighted by Gasteiger charge is -2.37. The number of carbonyl (C=O) groups is 2. The van der Waals surface area contributed by atoms with Crippen LogP contribution < -0.4 is 0 Å². The van der Waals surface area contributed by atoms with Crippen LogP contribution in [0.25, 0.3) is 0 Å². The van der Waals surface area contributed by atoms with Crippen molar-refractivity contribution in [2.75, 3.05) is 18.8 Å². The van der Waals surface area contributed by atoms with Gasteiger partial charge in [0, 0.05) is 48.6 Å². The summed E-state index contributed by atoms with van der Waals surface area (Å²) in [6.45, 7) is 6.65. The summed E-state index contributed by atoms with van der Waals surface area (Å²) in [5, 5.41) is 4.71. The smallest absolute Gasteiger partial charge is 0.331 e. The van der Waals surface area contributed by atoms with Gasteiger partial charge in [-0.3, -0.25) is 14.3 Å². The van der Waals surface area contributed by atoms with Crippen LogP contribution >= 0.6 is 11.6 Å². The van der Waals surface area contributed by atoms with Gasteiger partial charge in [-0.2, -0.15) is 18.3 Å². The molecular formula is C29H30ClF3N6O3S. The molecule has 0 N–H and O–H groups in total. The van der Waals surface area contributed by atoms with Gasteiger partial charge in [0.2, 0.25) is 0 Å². The van der Waals surface area contributed by atoms with Crippen LogP contribution in [0.15, 0.2) is 45.9 Å². The second-order valence-corrected chi connectivity index (χ2v) is 14.1. The fourth-order valence-electron chi connectivity index (χ4n) is 6.05. The first-order valence-corrected chi connectivity index (χ1v) is 16.1. The lowest BCUT2D eigenvalue weighted by molar-refractivity contribution is -0.137. The van der Waals surface area contributed by atoms with Crippen LogP contribution in [0.4, 0.5) is 13.2 Å². The number of carbonyl (C=O) groups excluding carboxylic acids is 2. The number of nitrogens with zero attached hydrogens (tertiary/aromatic N) is 6. The molecule has 43 heavy (non-hydrogen) atoms. The molecule has 228 valence electrons. The summed E-state index contributed by atoms with van der Waals surface area (Å²) in [7, 11) is -2.48. The van der Waals surface area contributed by atoms with Crippen molar-refractivity contribution in [2.24, 2.45) is 4.36 Å². The normalized spacial score (nSPS) is 24.4. The van der Waals surface area contributed by atoms with Crippen molar-refractivity contribution in [3.63, 3.8) is 0 Å². The Kier molecular flexibility index (Phi) is 7.31. The molecule has 4 atom stereocenters. The third kappa shape index (κ3) is 5.09. The third-order valence-corrected chi connectivity index (χ3v) is 11.1. The van der Waals surface area contributed by atoms with Crippen LogP contribution in [0.1, 0.15) is 82.5 Å². The Hall–Kier alpha value is -3.45. The highest BCUT2D eigenvalue weighted by molar-refractivity contribution is 7.93. The van der Waals surface area contributed by atoms with E-state index in [1.807, 2.05) is 26.8 Å². The fourth-order valence-corrected chi connectivity index (χ4v) is 8.19. The SMILES string of the molecule is CC(c1ccc(S2(=O)=NCCC2)nc1)N1C[C@@H](C)n2nc3c(c2C1=O)CN(C(=O)c1ccc(Cl)c(C(F)(F)F)c1)[C@H](C)C3. The zero-order valence-corrected chi connectivity index (χ0v) is 25.3. The molecule has 0 aliphatic carbocycles. The van der Waals surface area contributed by atoms with Gasteiger partial charge >= 0.3 is 6.18 Å². The molecule has 0 radical (unpaired) electrons. The molecule has 3 aliphatic heterocycles. The minimum absolute atomic E-state index is 0.0312. The molecule has 2 aromatic heterocycles. The summed E-state index contributed by atoms with van der Waals surface area (Å²) in [5.41, 5.74) is 1.23. The summed E-state index contributed by atoms with van der Waals surface area (Å²) in [6.07, 6.45) is -1.94. The van der Waals surface area contributed by atoms with Crippen molar-refractivity contribution >= 4 is 33.1 Å². The first kappa shape index (κ1) is 29.6. The number of aromatic nitrogens is 3.